The van der Waals surface area contributed by atoms with Gasteiger partial charge in [0.25, 0.3) is 5.91 Å². The lowest BCUT2D eigenvalue weighted by Gasteiger charge is -2.18. The molecule has 0 saturated heterocycles. The Morgan fingerprint density at radius 1 is 1.07 bits per heavy atom. The summed E-state index contributed by atoms with van der Waals surface area (Å²) in [5.41, 5.74) is 0.735. The minimum atomic E-state index is -3.50. The number of carbonyl (C=O) groups is 1. The highest BCUT2D eigenvalue weighted by Crippen LogP contribution is 2.24. The third-order valence-corrected chi connectivity index (χ3v) is 6.78. The normalized spacial score (nSPS) is 11.4. The van der Waals surface area contributed by atoms with Crippen molar-refractivity contribution in [3.8, 4) is 5.75 Å². The van der Waals surface area contributed by atoms with E-state index in [1.54, 1.807) is 37.7 Å². The maximum Gasteiger partial charge on any atom is 0.262 e. The number of rotatable bonds is 9. The summed E-state index contributed by atoms with van der Waals surface area (Å²) in [5.74, 6) is 0.151. The Hall–Kier alpha value is -2.03. The molecule has 0 radical (unpaired) electrons. The number of para-hydroxylation sites is 1. The minimum absolute atomic E-state index is 0.162. The number of ether oxygens (including phenoxy) is 1. The van der Waals surface area contributed by atoms with Crippen LogP contribution < -0.4 is 10.1 Å². The first-order valence-corrected chi connectivity index (χ1v) is 11.2. The highest BCUT2D eigenvalue weighted by Gasteiger charge is 2.21. The number of hydrogen-bond acceptors (Lipinski definition) is 5. The Kier molecular flexibility index (Phi) is 7.70. The summed E-state index contributed by atoms with van der Waals surface area (Å²) in [6.07, 6.45) is 1.94. The lowest BCUT2D eigenvalue weighted by Crippen LogP contribution is -2.30. The van der Waals surface area contributed by atoms with Crippen LogP contribution in [0.15, 0.2) is 58.3 Å². The molecule has 0 aliphatic heterocycles. The van der Waals surface area contributed by atoms with Crippen LogP contribution in [0.4, 0.5) is 5.69 Å². The van der Waals surface area contributed by atoms with E-state index in [-0.39, 0.29) is 17.4 Å². The van der Waals surface area contributed by atoms with Crippen LogP contribution in [0.25, 0.3) is 0 Å². The van der Waals surface area contributed by atoms with Gasteiger partial charge < -0.3 is 10.1 Å². The SMILES string of the molecule is CCN(CC)S(=O)(=O)c1ccc(OCC(=O)Nc2ccccc2SC)cc1. The predicted octanol–water partition coefficient (Wildman–Crippen LogP) is 3.46. The van der Waals surface area contributed by atoms with E-state index in [9.17, 15) is 13.2 Å². The van der Waals surface area contributed by atoms with E-state index in [0.717, 1.165) is 10.6 Å². The van der Waals surface area contributed by atoms with Gasteiger partial charge in [-0.2, -0.15) is 4.31 Å². The first-order valence-electron chi connectivity index (χ1n) is 8.58. The van der Waals surface area contributed by atoms with Crippen LogP contribution in [-0.2, 0) is 14.8 Å². The van der Waals surface area contributed by atoms with Crippen LogP contribution >= 0.6 is 11.8 Å². The quantitative estimate of drug-likeness (QED) is 0.643. The fourth-order valence-corrected chi connectivity index (χ4v) is 4.52. The van der Waals surface area contributed by atoms with Gasteiger partial charge in [0.05, 0.1) is 10.6 Å². The summed E-state index contributed by atoms with van der Waals surface area (Å²) in [4.78, 5) is 13.3. The largest absolute Gasteiger partial charge is 0.484 e. The van der Waals surface area contributed by atoms with Gasteiger partial charge in [0.15, 0.2) is 6.61 Å². The molecule has 0 spiro atoms. The number of anilines is 1. The zero-order chi connectivity index (χ0) is 19.9. The molecule has 1 N–H and O–H groups in total. The molecular weight excluding hydrogens is 384 g/mol. The number of sulfonamides is 1. The van der Waals surface area contributed by atoms with Crippen molar-refractivity contribution < 1.29 is 17.9 Å². The second-order valence-corrected chi connectivity index (χ2v) is 8.38. The van der Waals surface area contributed by atoms with Crippen LogP contribution in [-0.4, -0.2) is 44.6 Å². The van der Waals surface area contributed by atoms with Crippen LogP contribution in [0.1, 0.15) is 13.8 Å². The smallest absolute Gasteiger partial charge is 0.262 e. The van der Waals surface area contributed by atoms with Gasteiger partial charge in [-0.05, 0) is 42.7 Å². The number of benzene rings is 2. The molecule has 6 nitrogen and oxygen atoms in total. The molecule has 0 unspecified atom stereocenters. The number of nitrogens with one attached hydrogen (secondary N) is 1. The van der Waals surface area contributed by atoms with Crippen LogP contribution in [0.5, 0.6) is 5.75 Å². The molecule has 146 valence electrons. The predicted molar refractivity (Wildman–Crippen MR) is 109 cm³/mol. The van der Waals surface area contributed by atoms with Gasteiger partial charge in [0.1, 0.15) is 5.75 Å². The van der Waals surface area contributed by atoms with Crippen LogP contribution in [0.2, 0.25) is 0 Å². The fourth-order valence-electron chi connectivity index (χ4n) is 2.50. The van der Waals surface area contributed by atoms with Gasteiger partial charge in [-0.25, -0.2) is 8.42 Å². The number of thioether (sulfide) groups is 1. The van der Waals surface area contributed by atoms with Crippen molar-refractivity contribution in [2.45, 2.75) is 23.6 Å². The summed E-state index contributed by atoms with van der Waals surface area (Å²) in [6, 6.07) is 13.6. The lowest BCUT2D eigenvalue weighted by atomic mass is 10.3. The maximum absolute atomic E-state index is 12.5. The van der Waals surface area contributed by atoms with E-state index in [2.05, 4.69) is 5.32 Å². The van der Waals surface area contributed by atoms with Crippen LogP contribution in [0, 0.1) is 0 Å². The monoisotopic (exact) mass is 408 g/mol. The van der Waals surface area contributed by atoms with E-state index in [0.29, 0.717) is 18.8 Å². The van der Waals surface area contributed by atoms with Crippen molar-refractivity contribution >= 4 is 33.4 Å². The zero-order valence-corrected chi connectivity index (χ0v) is 17.3. The molecule has 0 fully saturated rings. The van der Waals surface area contributed by atoms with Crippen molar-refractivity contribution in [3.05, 3.63) is 48.5 Å². The van der Waals surface area contributed by atoms with Crippen molar-refractivity contribution in [3.63, 3.8) is 0 Å². The van der Waals surface area contributed by atoms with Crippen molar-refractivity contribution in [2.24, 2.45) is 0 Å². The maximum atomic E-state index is 12.5. The Morgan fingerprint density at radius 3 is 2.30 bits per heavy atom. The topological polar surface area (TPSA) is 75.7 Å². The summed E-state index contributed by atoms with van der Waals surface area (Å²) in [7, 11) is -3.50. The highest BCUT2D eigenvalue weighted by molar-refractivity contribution is 7.98. The molecular formula is C19H24N2O4S2. The molecule has 1 amide bonds. The van der Waals surface area contributed by atoms with Gasteiger partial charge in [-0.3, -0.25) is 4.79 Å². The molecule has 2 aromatic rings. The Balaban J connectivity index is 1.98. The van der Waals surface area contributed by atoms with Crippen molar-refractivity contribution in [2.75, 3.05) is 31.3 Å². The summed E-state index contributed by atoms with van der Waals surface area (Å²) in [5, 5.41) is 2.81. The molecule has 2 rings (SSSR count). The van der Waals surface area contributed by atoms with Crippen molar-refractivity contribution in [1.82, 2.24) is 4.31 Å². The average molecular weight is 409 g/mol. The molecule has 27 heavy (non-hydrogen) atoms. The van der Waals surface area contributed by atoms with Gasteiger partial charge >= 0.3 is 0 Å². The molecule has 0 aromatic heterocycles. The highest BCUT2D eigenvalue weighted by atomic mass is 32.2. The summed E-state index contributed by atoms with van der Waals surface area (Å²) in [6.45, 7) is 4.26. The van der Waals surface area contributed by atoms with Gasteiger partial charge in [-0.15, -0.1) is 11.8 Å². The van der Waals surface area contributed by atoms with E-state index >= 15 is 0 Å². The number of nitrogens with zero attached hydrogens (tertiary/aromatic N) is 1. The third-order valence-electron chi connectivity index (χ3n) is 3.92. The third kappa shape index (κ3) is 5.47. The molecule has 0 saturated carbocycles. The van der Waals surface area contributed by atoms with E-state index < -0.39 is 10.0 Å². The van der Waals surface area contributed by atoms with E-state index in [1.165, 1.54) is 16.4 Å². The van der Waals surface area contributed by atoms with E-state index in [4.69, 9.17) is 4.74 Å². The Morgan fingerprint density at radius 2 is 1.70 bits per heavy atom. The first kappa shape index (κ1) is 21.3. The fraction of sp³-hybridized carbons (Fsp3) is 0.316. The Bertz CT molecular complexity index is 864. The lowest BCUT2D eigenvalue weighted by molar-refractivity contribution is -0.118. The van der Waals surface area contributed by atoms with Crippen LogP contribution in [0.3, 0.4) is 0 Å². The molecule has 0 heterocycles. The Labute approximate surface area is 165 Å². The second kappa shape index (κ2) is 9.77. The van der Waals surface area contributed by atoms with E-state index in [1.807, 2.05) is 30.5 Å². The summed E-state index contributed by atoms with van der Waals surface area (Å²) < 4.78 is 31.8. The first-order chi connectivity index (χ1) is 12.9. The molecule has 0 aliphatic carbocycles. The summed E-state index contributed by atoms with van der Waals surface area (Å²) >= 11 is 1.55. The van der Waals surface area contributed by atoms with Gasteiger partial charge in [0, 0.05) is 18.0 Å². The van der Waals surface area contributed by atoms with Gasteiger partial charge in [-0.1, -0.05) is 26.0 Å². The molecule has 0 atom stereocenters. The molecule has 0 aliphatic rings. The molecule has 2 aromatic carbocycles. The number of amides is 1. The molecule has 8 heteroatoms. The van der Waals surface area contributed by atoms with Gasteiger partial charge in [0.2, 0.25) is 10.0 Å². The standard InChI is InChI=1S/C19H24N2O4S2/c1-4-21(5-2)27(23,24)16-12-10-15(11-13-16)25-14-19(22)20-17-8-6-7-9-18(17)26-3/h6-13H,4-5,14H2,1-3H3,(H,20,22). The minimum Gasteiger partial charge on any atom is -0.484 e. The average Bonchev–Trinajstić information content (AvgIpc) is 2.68. The van der Waals surface area contributed by atoms with Crippen molar-refractivity contribution in [1.29, 1.82) is 0 Å². The molecule has 0 bridgehead atoms. The number of carbonyl (C=O) groups excluding carboxylic acids is 1. The second-order valence-electron chi connectivity index (χ2n) is 5.60. The zero-order valence-electron chi connectivity index (χ0n) is 15.6. The number of hydrogen-bond donors (Lipinski definition) is 1.